The molecule has 4 aromatic rings. The lowest BCUT2D eigenvalue weighted by molar-refractivity contribution is -0.137. The van der Waals surface area contributed by atoms with E-state index >= 15 is 0 Å². The molecule has 4 rings (SSSR count). The summed E-state index contributed by atoms with van der Waals surface area (Å²) in [5, 5.41) is 7.69. The summed E-state index contributed by atoms with van der Waals surface area (Å²) < 4.78 is 44.9. The molecule has 170 valence electrons. The van der Waals surface area contributed by atoms with Crippen LogP contribution in [0.1, 0.15) is 27.2 Å². The minimum absolute atomic E-state index is 0.0813. The van der Waals surface area contributed by atoms with Crippen LogP contribution in [0, 0.1) is 6.92 Å². The van der Waals surface area contributed by atoms with Crippen LogP contribution in [0.2, 0.25) is 5.02 Å². The highest BCUT2D eigenvalue weighted by atomic mass is 35.5. The second kappa shape index (κ2) is 8.70. The average molecular weight is 476 g/mol. The lowest BCUT2D eigenvalue weighted by Crippen LogP contribution is -2.14. The van der Waals surface area contributed by atoms with Crippen molar-refractivity contribution in [1.82, 2.24) is 19.7 Å². The summed E-state index contributed by atoms with van der Waals surface area (Å²) in [5.41, 5.74) is 1.40. The summed E-state index contributed by atoms with van der Waals surface area (Å²) in [6.07, 6.45) is -1.48. The molecule has 7 nitrogen and oxygen atoms in total. The van der Waals surface area contributed by atoms with Gasteiger partial charge in [0.15, 0.2) is 5.65 Å². The van der Waals surface area contributed by atoms with Crippen molar-refractivity contribution in [3.05, 3.63) is 76.2 Å². The number of nitrogens with zero attached hydrogens (tertiary/aromatic N) is 4. The number of halogens is 4. The standard InChI is InChI=1S/C22H17ClF3N5O2/c1-12-18-19(23)16(21(32)29-15-6-4-14(5-7-15)22(24,25)26)10-28-20(18)31(30-12)11-13-3-8-17(33-2)27-9-13/h3-10H,11H2,1-2H3,(H,29,32). The maximum atomic E-state index is 12.7. The predicted molar refractivity (Wildman–Crippen MR) is 117 cm³/mol. The number of carbonyl (C=O) groups excluding carboxylic acids is 1. The molecule has 0 fully saturated rings. The van der Waals surface area contributed by atoms with E-state index in [9.17, 15) is 18.0 Å². The molecule has 11 heteroatoms. The van der Waals surface area contributed by atoms with Gasteiger partial charge in [-0.25, -0.2) is 14.6 Å². The number of alkyl halides is 3. The Kier molecular flexibility index (Phi) is 5.94. The van der Waals surface area contributed by atoms with Crippen molar-refractivity contribution in [1.29, 1.82) is 0 Å². The fourth-order valence-electron chi connectivity index (χ4n) is 3.28. The molecule has 0 saturated carbocycles. The van der Waals surface area contributed by atoms with Crippen LogP contribution in [0.4, 0.5) is 18.9 Å². The van der Waals surface area contributed by atoms with Gasteiger partial charge >= 0.3 is 6.18 Å². The third-order valence-electron chi connectivity index (χ3n) is 4.93. The molecule has 0 aliphatic rings. The number of aryl methyl sites for hydroxylation is 1. The number of rotatable bonds is 5. The Hall–Kier alpha value is -3.66. The van der Waals surface area contributed by atoms with Crippen LogP contribution in [0.3, 0.4) is 0 Å². The molecule has 0 aliphatic heterocycles. The molecule has 1 N–H and O–H groups in total. The molecular weight excluding hydrogens is 459 g/mol. The molecule has 0 radical (unpaired) electrons. The Morgan fingerprint density at radius 3 is 2.45 bits per heavy atom. The number of pyridine rings is 2. The van der Waals surface area contributed by atoms with Gasteiger partial charge in [0.25, 0.3) is 5.91 Å². The van der Waals surface area contributed by atoms with Crippen LogP contribution in [0.5, 0.6) is 5.88 Å². The first kappa shape index (κ1) is 22.5. The topological polar surface area (TPSA) is 81.9 Å². The van der Waals surface area contributed by atoms with Crippen LogP contribution >= 0.6 is 11.6 Å². The zero-order valence-corrected chi connectivity index (χ0v) is 18.2. The molecule has 0 bridgehead atoms. The van der Waals surface area contributed by atoms with Gasteiger partial charge in [-0.05, 0) is 36.8 Å². The maximum absolute atomic E-state index is 12.7. The van der Waals surface area contributed by atoms with Crippen LogP contribution in [-0.4, -0.2) is 32.8 Å². The van der Waals surface area contributed by atoms with Crippen molar-refractivity contribution in [3.63, 3.8) is 0 Å². The highest BCUT2D eigenvalue weighted by molar-refractivity contribution is 6.39. The Balaban J connectivity index is 1.60. The predicted octanol–water partition coefficient (Wildman–Crippen LogP) is 5.12. The first-order chi connectivity index (χ1) is 15.7. The van der Waals surface area contributed by atoms with Gasteiger partial charge in [-0.3, -0.25) is 4.79 Å². The Morgan fingerprint density at radius 2 is 1.85 bits per heavy atom. The molecule has 1 aromatic carbocycles. The summed E-state index contributed by atoms with van der Waals surface area (Å²) in [6, 6.07) is 7.71. The summed E-state index contributed by atoms with van der Waals surface area (Å²) in [4.78, 5) is 21.3. The molecule has 3 aromatic heterocycles. The van der Waals surface area contributed by atoms with Crippen LogP contribution in [0.25, 0.3) is 11.0 Å². The van der Waals surface area contributed by atoms with E-state index in [1.54, 1.807) is 23.9 Å². The Bertz CT molecular complexity index is 1320. The van der Waals surface area contributed by atoms with Gasteiger partial charge in [-0.1, -0.05) is 17.7 Å². The molecular formula is C22H17ClF3N5O2. The van der Waals surface area contributed by atoms with E-state index in [-0.39, 0.29) is 16.3 Å². The molecule has 3 heterocycles. The van der Waals surface area contributed by atoms with Gasteiger partial charge in [-0.2, -0.15) is 18.3 Å². The summed E-state index contributed by atoms with van der Waals surface area (Å²) >= 11 is 6.52. The van der Waals surface area contributed by atoms with Crippen LogP contribution in [-0.2, 0) is 12.7 Å². The van der Waals surface area contributed by atoms with Crippen molar-refractivity contribution in [3.8, 4) is 5.88 Å². The number of anilines is 1. The van der Waals surface area contributed by atoms with Crippen molar-refractivity contribution >= 4 is 34.2 Å². The van der Waals surface area contributed by atoms with Gasteiger partial charge in [0.2, 0.25) is 5.88 Å². The zero-order valence-electron chi connectivity index (χ0n) is 17.4. The van der Waals surface area contributed by atoms with Gasteiger partial charge in [0, 0.05) is 24.1 Å². The largest absolute Gasteiger partial charge is 0.481 e. The van der Waals surface area contributed by atoms with Crippen molar-refractivity contribution < 1.29 is 22.7 Å². The summed E-state index contributed by atoms with van der Waals surface area (Å²) in [7, 11) is 1.53. The third kappa shape index (κ3) is 4.61. The maximum Gasteiger partial charge on any atom is 0.416 e. The van der Waals surface area contributed by atoms with Crippen molar-refractivity contribution in [2.24, 2.45) is 0 Å². The smallest absolute Gasteiger partial charge is 0.416 e. The number of hydrogen-bond donors (Lipinski definition) is 1. The highest BCUT2D eigenvalue weighted by Gasteiger charge is 2.30. The lowest BCUT2D eigenvalue weighted by Gasteiger charge is -2.10. The Morgan fingerprint density at radius 1 is 1.12 bits per heavy atom. The molecule has 0 spiro atoms. The number of aromatic nitrogens is 4. The van der Waals surface area contributed by atoms with Crippen LogP contribution in [0.15, 0.2) is 48.8 Å². The highest BCUT2D eigenvalue weighted by Crippen LogP contribution is 2.31. The number of fused-ring (bicyclic) bond motifs is 1. The molecule has 0 aliphatic carbocycles. The van der Waals surface area contributed by atoms with E-state index in [0.29, 0.717) is 29.2 Å². The summed E-state index contributed by atoms with van der Waals surface area (Å²) in [5.74, 6) is -0.106. The summed E-state index contributed by atoms with van der Waals surface area (Å²) in [6.45, 7) is 2.12. The molecule has 0 unspecified atom stereocenters. The van der Waals surface area contributed by atoms with Crippen LogP contribution < -0.4 is 10.1 Å². The minimum atomic E-state index is -4.46. The first-order valence-electron chi connectivity index (χ1n) is 9.66. The van der Waals surface area contributed by atoms with Gasteiger partial charge < -0.3 is 10.1 Å². The molecule has 0 atom stereocenters. The second-order valence-corrected chi connectivity index (χ2v) is 7.54. The van der Waals surface area contributed by atoms with Crippen molar-refractivity contribution in [2.75, 3.05) is 12.4 Å². The Labute approximate surface area is 191 Å². The monoisotopic (exact) mass is 475 g/mol. The number of hydrogen-bond acceptors (Lipinski definition) is 5. The number of benzene rings is 1. The van der Waals surface area contributed by atoms with Gasteiger partial charge in [0.1, 0.15) is 0 Å². The number of methoxy groups -OCH3 is 1. The van der Waals surface area contributed by atoms with Crippen molar-refractivity contribution in [2.45, 2.75) is 19.6 Å². The van der Waals surface area contributed by atoms with E-state index < -0.39 is 17.6 Å². The molecule has 0 saturated heterocycles. The number of amides is 1. The number of ether oxygens (including phenoxy) is 1. The lowest BCUT2D eigenvalue weighted by atomic mass is 10.1. The van der Waals surface area contributed by atoms with E-state index in [2.05, 4.69) is 20.4 Å². The fraction of sp³-hybridized carbons (Fsp3) is 0.182. The SMILES string of the molecule is COc1ccc(Cn2nc(C)c3c(Cl)c(C(=O)Nc4ccc(C(F)(F)F)cc4)cnc32)cn1. The minimum Gasteiger partial charge on any atom is -0.481 e. The average Bonchev–Trinajstić information content (AvgIpc) is 3.10. The molecule has 33 heavy (non-hydrogen) atoms. The fourth-order valence-corrected chi connectivity index (χ4v) is 3.64. The zero-order chi connectivity index (χ0) is 23.8. The van der Waals surface area contributed by atoms with E-state index in [4.69, 9.17) is 16.3 Å². The van der Waals surface area contributed by atoms with Gasteiger partial charge in [-0.15, -0.1) is 0 Å². The second-order valence-electron chi connectivity index (χ2n) is 7.17. The quantitative estimate of drug-likeness (QED) is 0.433. The normalized spacial score (nSPS) is 11.6. The van der Waals surface area contributed by atoms with E-state index in [0.717, 1.165) is 17.7 Å². The number of carbonyl (C=O) groups is 1. The third-order valence-corrected chi connectivity index (χ3v) is 5.32. The van der Waals surface area contributed by atoms with E-state index in [1.165, 1.54) is 25.4 Å². The number of nitrogens with one attached hydrogen (secondary N) is 1. The first-order valence-corrected chi connectivity index (χ1v) is 10.0. The van der Waals surface area contributed by atoms with E-state index in [1.807, 2.05) is 6.07 Å². The van der Waals surface area contributed by atoms with Gasteiger partial charge in [0.05, 0.1) is 40.9 Å². The molecule has 1 amide bonds.